The van der Waals surface area contributed by atoms with Crippen molar-refractivity contribution in [2.45, 2.75) is 26.2 Å². The summed E-state index contributed by atoms with van der Waals surface area (Å²) in [7, 11) is 0. The van der Waals surface area contributed by atoms with E-state index in [0.717, 1.165) is 40.7 Å². The molecule has 1 heterocycles. The molecule has 0 saturated carbocycles. The number of para-hydroxylation sites is 1. The maximum Gasteiger partial charge on any atom is 0.122 e. The predicted octanol–water partition coefficient (Wildman–Crippen LogP) is 4.61. The molecule has 0 N–H and O–H groups in total. The molecule has 2 aromatic rings. The molecule has 0 radical (unpaired) electrons. The quantitative estimate of drug-likeness (QED) is 0.557. The zero-order valence-electron chi connectivity index (χ0n) is 14.7. The van der Waals surface area contributed by atoms with E-state index in [1.807, 2.05) is 43.3 Å². The van der Waals surface area contributed by atoms with Crippen LogP contribution in [0.25, 0.3) is 0 Å². The zero-order valence-corrected chi connectivity index (χ0v) is 15.6. The largest absolute Gasteiger partial charge is 0.490 e. The molecule has 1 aliphatic rings. The van der Waals surface area contributed by atoms with Crippen LogP contribution < -0.4 is 9.47 Å². The molecule has 0 spiro atoms. The number of ether oxygens (including phenoxy) is 2. The Hall–Kier alpha value is -2.07. The first kappa shape index (κ1) is 17.7. The van der Waals surface area contributed by atoms with Crippen LogP contribution in [0.5, 0.6) is 11.5 Å². The number of hydrogen-bond donors (Lipinski definition) is 0. The van der Waals surface area contributed by atoms with Crippen LogP contribution in [-0.2, 0) is 0 Å². The highest BCUT2D eigenvalue weighted by atomic mass is 32.1. The van der Waals surface area contributed by atoms with Crippen molar-refractivity contribution in [1.29, 1.82) is 0 Å². The Labute approximate surface area is 155 Å². The van der Waals surface area contributed by atoms with E-state index in [1.54, 1.807) is 0 Å². The predicted molar refractivity (Wildman–Crippen MR) is 106 cm³/mol. The number of benzene rings is 2. The smallest absolute Gasteiger partial charge is 0.122 e. The van der Waals surface area contributed by atoms with E-state index in [0.29, 0.717) is 13.2 Å². The summed E-state index contributed by atoms with van der Waals surface area (Å²) in [4.78, 5) is 3.26. The lowest BCUT2D eigenvalue weighted by molar-refractivity contribution is 0.216. The van der Waals surface area contributed by atoms with Gasteiger partial charge in [0.05, 0.1) is 0 Å². The minimum atomic E-state index is 0.518. The molecule has 0 aliphatic carbocycles. The third kappa shape index (κ3) is 4.95. The van der Waals surface area contributed by atoms with Crippen molar-refractivity contribution in [1.82, 2.24) is 4.90 Å². The third-order valence-corrected chi connectivity index (χ3v) is 4.94. The average molecular weight is 356 g/mol. The first-order chi connectivity index (χ1) is 12.2. The first-order valence-electron chi connectivity index (χ1n) is 8.94. The molecule has 0 unspecified atom stereocenters. The van der Waals surface area contributed by atoms with E-state index in [1.165, 1.54) is 19.3 Å². The van der Waals surface area contributed by atoms with Crippen LogP contribution in [0.2, 0.25) is 0 Å². The van der Waals surface area contributed by atoms with Crippen LogP contribution in [0, 0.1) is 6.92 Å². The van der Waals surface area contributed by atoms with Gasteiger partial charge in [-0.05, 0) is 62.1 Å². The summed E-state index contributed by atoms with van der Waals surface area (Å²) >= 11 is 5.62. The Kier molecular flexibility index (Phi) is 6.29. The number of piperidine rings is 1. The van der Waals surface area contributed by atoms with Crippen LogP contribution >= 0.6 is 12.2 Å². The van der Waals surface area contributed by atoms with Crippen molar-refractivity contribution in [2.24, 2.45) is 0 Å². The Morgan fingerprint density at radius 2 is 1.60 bits per heavy atom. The Bertz CT molecular complexity index is 693. The monoisotopic (exact) mass is 355 g/mol. The van der Waals surface area contributed by atoms with E-state index in [2.05, 4.69) is 17.0 Å². The van der Waals surface area contributed by atoms with E-state index in [4.69, 9.17) is 21.7 Å². The normalized spacial score (nSPS) is 14.2. The molecular weight excluding hydrogens is 330 g/mol. The molecular formula is C21H25NO2S. The minimum Gasteiger partial charge on any atom is -0.490 e. The molecule has 0 atom stereocenters. The van der Waals surface area contributed by atoms with Gasteiger partial charge in [0.15, 0.2) is 0 Å². The van der Waals surface area contributed by atoms with Crippen LogP contribution in [0.3, 0.4) is 0 Å². The van der Waals surface area contributed by atoms with Gasteiger partial charge in [0, 0.05) is 18.7 Å². The highest BCUT2D eigenvalue weighted by molar-refractivity contribution is 7.80. The second-order valence-corrected chi connectivity index (χ2v) is 6.73. The molecule has 3 nitrogen and oxygen atoms in total. The SMILES string of the molecule is Cc1ccccc1OCCOc1ccc(C(=S)N2CCCCC2)cc1. The van der Waals surface area contributed by atoms with Gasteiger partial charge in [0.25, 0.3) is 0 Å². The Morgan fingerprint density at radius 1 is 0.920 bits per heavy atom. The summed E-state index contributed by atoms with van der Waals surface area (Å²) in [6, 6.07) is 16.1. The molecule has 4 heteroatoms. The third-order valence-electron chi connectivity index (χ3n) is 4.45. The van der Waals surface area contributed by atoms with Gasteiger partial charge >= 0.3 is 0 Å². The second-order valence-electron chi connectivity index (χ2n) is 6.34. The fourth-order valence-electron chi connectivity index (χ4n) is 3.00. The fourth-order valence-corrected chi connectivity index (χ4v) is 3.32. The van der Waals surface area contributed by atoms with Gasteiger partial charge in [-0.15, -0.1) is 0 Å². The maximum absolute atomic E-state index is 5.77. The molecule has 0 amide bonds. The minimum absolute atomic E-state index is 0.518. The van der Waals surface area contributed by atoms with Gasteiger partial charge in [-0.3, -0.25) is 0 Å². The van der Waals surface area contributed by atoms with E-state index < -0.39 is 0 Å². The van der Waals surface area contributed by atoms with Crippen LogP contribution in [0.15, 0.2) is 48.5 Å². The Morgan fingerprint density at radius 3 is 2.32 bits per heavy atom. The summed E-state index contributed by atoms with van der Waals surface area (Å²) in [5.41, 5.74) is 2.23. The van der Waals surface area contributed by atoms with Crippen LogP contribution in [-0.4, -0.2) is 36.2 Å². The standard InChI is InChI=1S/C21H25NO2S/c1-17-7-3-4-8-20(17)24-16-15-23-19-11-9-18(10-12-19)21(25)22-13-5-2-6-14-22/h3-4,7-12H,2,5-6,13-16H2,1H3. The zero-order chi connectivity index (χ0) is 17.5. The number of rotatable bonds is 6. The molecule has 25 heavy (non-hydrogen) atoms. The fraction of sp³-hybridized carbons (Fsp3) is 0.381. The number of hydrogen-bond acceptors (Lipinski definition) is 3. The summed E-state index contributed by atoms with van der Waals surface area (Å²) in [5.74, 6) is 1.76. The number of likely N-dealkylation sites (tertiary alicyclic amines) is 1. The van der Waals surface area contributed by atoms with Crippen molar-refractivity contribution < 1.29 is 9.47 Å². The summed E-state index contributed by atoms with van der Waals surface area (Å²) in [6.07, 6.45) is 3.79. The molecule has 2 aromatic carbocycles. The van der Waals surface area contributed by atoms with E-state index in [-0.39, 0.29) is 0 Å². The van der Waals surface area contributed by atoms with Crippen molar-refractivity contribution >= 4 is 17.2 Å². The molecule has 1 aliphatic heterocycles. The van der Waals surface area contributed by atoms with E-state index in [9.17, 15) is 0 Å². The lowest BCUT2D eigenvalue weighted by atomic mass is 10.1. The molecule has 132 valence electrons. The summed E-state index contributed by atoms with van der Waals surface area (Å²) < 4.78 is 11.5. The van der Waals surface area contributed by atoms with Gasteiger partial charge in [-0.2, -0.15) is 0 Å². The second kappa shape index (κ2) is 8.86. The van der Waals surface area contributed by atoms with Gasteiger partial charge in [0.2, 0.25) is 0 Å². The van der Waals surface area contributed by atoms with Gasteiger partial charge in [0.1, 0.15) is 29.7 Å². The number of aryl methyl sites for hydroxylation is 1. The molecule has 0 bridgehead atoms. The summed E-state index contributed by atoms with van der Waals surface area (Å²) in [6.45, 7) is 5.24. The lowest BCUT2D eigenvalue weighted by Crippen LogP contribution is -2.34. The topological polar surface area (TPSA) is 21.7 Å². The van der Waals surface area contributed by atoms with Crippen molar-refractivity contribution in [3.05, 3.63) is 59.7 Å². The highest BCUT2D eigenvalue weighted by Crippen LogP contribution is 2.18. The lowest BCUT2D eigenvalue weighted by Gasteiger charge is -2.29. The molecule has 0 aromatic heterocycles. The first-order valence-corrected chi connectivity index (χ1v) is 9.35. The summed E-state index contributed by atoms with van der Waals surface area (Å²) in [5, 5.41) is 0. The van der Waals surface area contributed by atoms with Crippen LogP contribution in [0.4, 0.5) is 0 Å². The van der Waals surface area contributed by atoms with Crippen molar-refractivity contribution in [3.63, 3.8) is 0 Å². The Balaban J connectivity index is 1.46. The molecule has 1 saturated heterocycles. The van der Waals surface area contributed by atoms with Gasteiger partial charge in [-0.1, -0.05) is 30.4 Å². The van der Waals surface area contributed by atoms with Crippen LogP contribution in [0.1, 0.15) is 30.4 Å². The maximum atomic E-state index is 5.77. The molecule has 1 fully saturated rings. The van der Waals surface area contributed by atoms with Gasteiger partial charge < -0.3 is 14.4 Å². The van der Waals surface area contributed by atoms with E-state index >= 15 is 0 Å². The van der Waals surface area contributed by atoms with Crippen molar-refractivity contribution in [3.8, 4) is 11.5 Å². The van der Waals surface area contributed by atoms with Gasteiger partial charge in [-0.25, -0.2) is 0 Å². The molecule has 3 rings (SSSR count). The van der Waals surface area contributed by atoms with Crippen molar-refractivity contribution in [2.75, 3.05) is 26.3 Å². The number of nitrogens with zero attached hydrogens (tertiary/aromatic N) is 1. The highest BCUT2D eigenvalue weighted by Gasteiger charge is 2.14. The average Bonchev–Trinajstić information content (AvgIpc) is 2.67. The number of thiocarbonyl (C=S) groups is 1.